The largest absolute Gasteiger partial charge is 0.350 e. The van der Waals surface area contributed by atoms with E-state index in [-0.39, 0.29) is 11.9 Å². The second kappa shape index (κ2) is 7.45. The third-order valence-electron chi connectivity index (χ3n) is 2.58. The molecule has 0 bridgehead atoms. The van der Waals surface area contributed by atoms with Gasteiger partial charge < -0.3 is 10.6 Å². The molecule has 17 heavy (non-hydrogen) atoms. The van der Waals surface area contributed by atoms with Crippen LogP contribution in [0, 0.1) is 0 Å². The van der Waals surface area contributed by atoms with Gasteiger partial charge in [0.15, 0.2) is 0 Å². The number of nitrogens with one attached hydrogen (secondary N) is 2. The van der Waals surface area contributed by atoms with Gasteiger partial charge in [-0.2, -0.15) is 0 Å². The van der Waals surface area contributed by atoms with Crippen molar-refractivity contribution >= 4 is 21.8 Å². The van der Waals surface area contributed by atoms with Gasteiger partial charge in [-0.3, -0.25) is 4.79 Å². The Labute approximate surface area is 111 Å². The van der Waals surface area contributed by atoms with Gasteiger partial charge in [-0.15, -0.1) is 0 Å². The molecule has 0 fully saturated rings. The van der Waals surface area contributed by atoms with Crippen molar-refractivity contribution in [3.05, 3.63) is 34.3 Å². The van der Waals surface area contributed by atoms with Crippen LogP contribution in [-0.4, -0.2) is 19.5 Å². The van der Waals surface area contributed by atoms with E-state index in [9.17, 15) is 4.79 Å². The minimum Gasteiger partial charge on any atom is -0.350 e. The molecule has 1 aromatic rings. The lowest BCUT2D eigenvalue weighted by molar-refractivity contribution is -0.121. The standard InChI is InChI=1S/C13H19BrN2O/c1-10(11-6-3-4-7-12(11)14)16-13(17)8-5-9-15-2/h3-4,6-7,10,15H,5,8-9H2,1-2H3,(H,16,17). The molecule has 0 saturated heterocycles. The smallest absolute Gasteiger partial charge is 0.220 e. The van der Waals surface area contributed by atoms with Crippen LogP contribution in [0.4, 0.5) is 0 Å². The van der Waals surface area contributed by atoms with E-state index in [0.717, 1.165) is 23.0 Å². The maximum absolute atomic E-state index is 11.7. The average molecular weight is 299 g/mol. The fourth-order valence-corrected chi connectivity index (χ4v) is 2.27. The molecule has 0 spiro atoms. The molecule has 1 unspecified atom stereocenters. The number of halogens is 1. The number of hydrogen-bond donors (Lipinski definition) is 2. The van der Waals surface area contributed by atoms with E-state index in [1.807, 2.05) is 38.2 Å². The Morgan fingerprint density at radius 3 is 2.76 bits per heavy atom. The SMILES string of the molecule is CNCCCC(=O)NC(C)c1ccccc1Br. The van der Waals surface area contributed by atoms with Crippen molar-refractivity contribution in [1.29, 1.82) is 0 Å². The highest BCUT2D eigenvalue weighted by molar-refractivity contribution is 9.10. The number of carbonyl (C=O) groups is 1. The van der Waals surface area contributed by atoms with Crippen LogP contribution in [-0.2, 0) is 4.79 Å². The minimum absolute atomic E-state index is 0.0349. The van der Waals surface area contributed by atoms with Gasteiger partial charge in [-0.05, 0) is 38.6 Å². The van der Waals surface area contributed by atoms with E-state index in [1.165, 1.54) is 0 Å². The Bertz CT molecular complexity index is 368. The fraction of sp³-hybridized carbons (Fsp3) is 0.462. The number of carbonyl (C=O) groups excluding carboxylic acids is 1. The summed E-state index contributed by atoms with van der Waals surface area (Å²) in [6.07, 6.45) is 1.43. The van der Waals surface area contributed by atoms with Gasteiger partial charge in [0.05, 0.1) is 6.04 Å². The predicted octanol–water partition coefficient (Wildman–Crippen LogP) is 2.63. The number of rotatable bonds is 6. The second-order valence-electron chi connectivity index (χ2n) is 4.02. The Morgan fingerprint density at radius 1 is 1.41 bits per heavy atom. The third-order valence-corrected chi connectivity index (χ3v) is 3.30. The van der Waals surface area contributed by atoms with Crippen LogP contribution in [0.1, 0.15) is 31.4 Å². The summed E-state index contributed by atoms with van der Waals surface area (Å²) in [4.78, 5) is 11.7. The zero-order valence-corrected chi connectivity index (χ0v) is 11.9. The summed E-state index contributed by atoms with van der Waals surface area (Å²) in [5, 5.41) is 6.03. The maximum Gasteiger partial charge on any atom is 0.220 e. The highest BCUT2D eigenvalue weighted by Gasteiger charge is 2.11. The van der Waals surface area contributed by atoms with Gasteiger partial charge in [0.25, 0.3) is 0 Å². The van der Waals surface area contributed by atoms with E-state index < -0.39 is 0 Å². The highest BCUT2D eigenvalue weighted by atomic mass is 79.9. The molecule has 2 N–H and O–H groups in total. The molecule has 0 aliphatic carbocycles. The summed E-state index contributed by atoms with van der Waals surface area (Å²) in [7, 11) is 1.89. The van der Waals surface area contributed by atoms with Gasteiger partial charge >= 0.3 is 0 Å². The van der Waals surface area contributed by atoms with Gasteiger partial charge in [0, 0.05) is 10.9 Å². The molecular weight excluding hydrogens is 280 g/mol. The van der Waals surface area contributed by atoms with Crippen molar-refractivity contribution in [2.45, 2.75) is 25.8 Å². The maximum atomic E-state index is 11.7. The third kappa shape index (κ3) is 4.88. The van der Waals surface area contributed by atoms with Gasteiger partial charge in [0.2, 0.25) is 5.91 Å². The summed E-state index contributed by atoms with van der Waals surface area (Å²) in [5.41, 5.74) is 1.11. The molecule has 0 radical (unpaired) electrons. The quantitative estimate of drug-likeness (QED) is 0.793. The Hall–Kier alpha value is -0.870. The highest BCUT2D eigenvalue weighted by Crippen LogP contribution is 2.22. The average Bonchev–Trinajstić information content (AvgIpc) is 2.29. The molecule has 4 heteroatoms. The van der Waals surface area contributed by atoms with Crippen LogP contribution >= 0.6 is 15.9 Å². The van der Waals surface area contributed by atoms with Crippen molar-refractivity contribution in [3.63, 3.8) is 0 Å². The van der Waals surface area contributed by atoms with E-state index in [2.05, 4.69) is 26.6 Å². The molecule has 0 aliphatic heterocycles. The van der Waals surface area contributed by atoms with Gasteiger partial charge in [0.1, 0.15) is 0 Å². The normalized spacial score (nSPS) is 12.2. The van der Waals surface area contributed by atoms with Crippen molar-refractivity contribution in [2.75, 3.05) is 13.6 Å². The van der Waals surface area contributed by atoms with Crippen molar-refractivity contribution in [3.8, 4) is 0 Å². The molecule has 1 aromatic carbocycles. The summed E-state index contributed by atoms with van der Waals surface area (Å²) in [6.45, 7) is 2.87. The van der Waals surface area contributed by atoms with Crippen LogP contribution in [0.25, 0.3) is 0 Å². The molecule has 94 valence electrons. The zero-order chi connectivity index (χ0) is 12.7. The Balaban J connectivity index is 2.46. The second-order valence-corrected chi connectivity index (χ2v) is 4.87. The molecule has 0 saturated carbocycles. The molecular formula is C13H19BrN2O. The lowest BCUT2D eigenvalue weighted by Gasteiger charge is -2.15. The number of amides is 1. The van der Waals surface area contributed by atoms with E-state index in [1.54, 1.807) is 0 Å². The first-order valence-corrected chi connectivity index (χ1v) is 6.63. The topological polar surface area (TPSA) is 41.1 Å². The predicted molar refractivity (Wildman–Crippen MR) is 73.9 cm³/mol. The van der Waals surface area contributed by atoms with E-state index >= 15 is 0 Å². The minimum atomic E-state index is 0.0349. The summed E-state index contributed by atoms with van der Waals surface area (Å²) in [6, 6.07) is 7.98. The number of benzene rings is 1. The van der Waals surface area contributed by atoms with Crippen molar-refractivity contribution < 1.29 is 4.79 Å². The first kappa shape index (κ1) is 14.2. The van der Waals surface area contributed by atoms with Gasteiger partial charge in [-0.1, -0.05) is 34.1 Å². The summed E-state index contributed by atoms with van der Waals surface area (Å²) in [5.74, 6) is 0.100. The lowest BCUT2D eigenvalue weighted by Crippen LogP contribution is -2.27. The van der Waals surface area contributed by atoms with Crippen molar-refractivity contribution in [1.82, 2.24) is 10.6 Å². The molecule has 0 aliphatic rings. The van der Waals surface area contributed by atoms with Crippen molar-refractivity contribution in [2.24, 2.45) is 0 Å². The molecule has 0 heterocycles. The molecule has 1 atom stereocenters. The lowest BCUT2D eigenvalue weighted by atomic mass is 10.1. The monoisotopic (exact) mass is 298 g/mol. The molecule has 3 nitrogen and oxygen atoms in total. The van der Waals surface area contributed by atoms with E-state index in [0.29, 0.717) is 6.42 Å². The Kier molecular flexibility index (Phi) is 6.22. The first-order chi connectivity index (χ1) is 8.15. The van der Waals surface area contributed by atoms with Crippen LogP contribution in [0.2, 0.25) is 0 Å². The van der Waals surface area contributed by atoms with Gasteiger partial charge in [-0.25, -0.2) is 0 Å². The number of hydrogen-bond acceptors (Lipinski definition) is 2. The van der Waals surface area contributed by atoms with Crippen LogP contribution in [0.15, 0.2) is 28.7 Å². The molecule has 1 rings (SSSR count). The summed E-state index contributed by atoms with van der Waals surface area (Å²) < 4.78 is 1.03. The van der Waals surface area contributed by atoms with Crippen LogP contribution in [0.3, 0.4) is 0 Å². The first-order valence-electron chi connectivity index (χ1n) is 5.83. The van der Waals surface area contributed by atoms with E-state index in [4.69, 9.17) is 0 Å². The zero-order valence-electron chi connectivity index (χ0n) is 10.3. The summed E-state index contributed by atoms with van der Waals surface area (Å²) >= 11 is 3.49. The van der Waals surface area contributed by atoms with Crippen LogP contribution < -0.4 is 10.6 Å². The fourth-order valence-electron chi connectivity index (χ4n) is 1.64. The van der Waals surface area contributed by atoms with Crippen LogP contribution in [0.5, 0.6) is 0 Å². The molecule has 0 aromatic heterocycles. The molecule has 1 amide bonds. The Morgan fingerprint density at radius 2 is 2.12 bits per heavy atom.